The lowest BCUT2D eigenvalue weighted by atomic mass is 10.0. The van der Waals surface area contributed by atoms with Crippen LogP contribution in [0, 0.1) is 5.92 Å². The molecule has 102 heavy (non-hydrogen) atoms. The Bertz CT molecular complexity index is 1940. The molecule has 5 atom stereocenters. The highest BCUT2D eigenvalue weighted by Crippen LogP contribution is 2.45. The van der Waals surface area contributed by atoms with E-state index in [9.17, 15) is 43.2 Å². The minimum Gasteiger partial charge on any atom is -0.462 e. The summed E-state index contributed by atoms with van der Waals surface area (Å²) in [5.74, 6) is -1.31. The maximum absolute atomic E-state index is 13.1. The average molecular weight is 1490 g/mol. The number of unbranched alkanes of at least 4 members (excludes halogenated alkanes) is 55. The van der Waals surface area contributed by atoms with Crippen LogP contribution in [0.2, 0.25) is 0 Å². The number of phosphoric ester groups is 2. The Morgan fingerprint density at radius 3 is 0.667 bits per heavy atom. The number of esters is 4. The summed E-state index contributed by atoms with van der Waals surface area (Å²) in [7, 11) is -9.92. The van der Waals surface area contributed by atoms with Crippen LogP contribution in [0.5, 0.6) is 0 Å². The molecule has 0 saturated heterocycles. The second kappa shape index (κ2) is 75.9. The van der Waals surface area contributed by atoms with Gasteiger partial charge >= 0.3 is 39.5 Å². The highest BCUT2D eigenvalue weighted by molar-refractivity contribution is 7.47. The molecule has 3 N–H and O–H groups in total. The first-order valence-corrected chi connectivity index (χ1v) is 46.1. The molecule has 0 rings (SSSR count). The molecule has 0 aliphatic heterocycles. The Labute approximate surface area is 626 Å². The topological polar surface area (TPSA) is 237 Å². The zero-order valence-corrected chi connectivity index (χ0v) is 68.5. The van der Waals surface area contributed by atoms with Crippen molar-refractivity contribution in [2.45, 2.75) is 464 Å². The first-order chi connectivity index (χ1) is 49.5. The number of ether oxygens (including phenoxy) is 4. The predicted molar refractivity (Wildman–Crippen MR) is 418 cm³/mol. The van der Waals surface area contributed by atoms with Crippen LogP contribution in [0.1, 0.15) is 446 Å². The molecule has 0 aromatic carbocycles. The third-order valence-corrected chi connectivity index (χ3v) is 21.4. The van der Waals surface area contributed by atoms with Gasteiger partial charge in [0, 0.05) is 25.7 Å². The molecule has 0 heterocycles. The van der Waals surface area contributed by atoms with Crippen molar-refractivity contribution in [3.05, 3.63) is 0 Å². The minimum atomic E-state index is -4.96. The molecule has 606 valence electrons. The highest BCUT2D eigenvalue weighted by Gasteiger charge is 2.30. The van der Waals surface area contributed by atoms with Crippen LogP contribution in [-0.4, -0.2) is 96.7 Å². The largest absolute Gasteiger partial charge is 0.472 e. The van der Waals surface area contributed by atoms with Crippen molar-refractivity contribution < 1.29 is 80.2 Å². The average Bonchev–Trinajstić information content (AvgIpc) is 0.909. The molecule has 0 bridgehead atoms. The van der Waals surface area contributed by atoms with Gasteiger partial charge in [0.15, 0.2) is 12.2 Å². The van der Waals surface area contributed by atoms with Gasteiger partial charge in [-0.3, -0.25) is 37.3 Å². The number of hydrogen-bond acceptors (Lipinski definition) is 15. The summed E-state index contributed by atoms with van der Waals surface area (Å²) in [5.41, 5.74) is 0. The van der Waals surface area contributed by atoms with Gasteiger partial charge in [-0.25, -0.2) is 9.13 Å². The van der Waals surface area contributed by atoms with Crippen molar-refractivity contribution in [3.8, 4) is 0 Å². The van der Waals surface area contributed by atoms with E-state index in [1.807, 2.05) is 0 Å². The maximum atomic E-state index is 13.1. The summed E-state index contributed by atoms with van der Waals surface area (Å²) in [4.78, 5) is 73.1. The van der Waals surface area contributed by atoms with Crippen LogP contribution in [0.4, 0.5) is 0 Å². The summed E-state index contributed by atoms with van der Waals surface area (Å²) in [6, 6.07) is 0. The third kappa shape index (κ3) is 76.3. The van der Waals surface area contributed by atoms with Gasteiger partial charge in [-0.05, 0) is 31.6 Å². The number of carbonyl (C=O) groups excluding carboxylic acids is 4. The number of phosphoric acid groups is 2. The van der Waals surface area contributed by atoms with Crippen molar-refractivity contribution in [2.75, 3.05) is 39.6 Å². The van der Waals surface area contributed by atoms with Gasteiger partial charge in [0.1, 0.15) is 19.3 Å². The lowest BCUT2D eigenvalue weighted by Crippen LogP contribution is -2.30. The Kier molecular flexibility index (Phi) is 74.4. The number of hydrogen-bond donors (Lipinski definition) is 3. The molecule has 0 spiro atoms. The Morgan fingerprint density at radius 1 is 0.265 bits per heavy atom. The molecule has 0 aliphatic rings. The fourth-order valence-corrected chi connectivity index (χ4v) is 14.5. The molecule has 17 nitrogen and oxygen atoms in total. The SMILES string of the molecule is CCCCCCCCCCCCCCCCCCCCCC(=O)O[C@H](COC(=O)CCCCCCCCCCCCCCCC(C)C)COP(=O)(O)OC[C@@H](O)COP(=O)(O)OC[C@@H](COC(=O)CCCCCCCCCCCCCCC)OC(=O)CCCCCCCCCCCCCCCC. The van der Waals surface area contributed by atoms with E-state index in [4.69, 9.17) is 37.0 Å². The van der Waals surface area contributed by atoms with Crippen molar-refractivity contribution in [1.29, 1.82) is 0 Å². The normalized spacial score (nSPS) is 13.8. The van der Waals surface area contributed by atoms with Crippen LogP contribution in [0.3, 0.4) is 0 Å². The second-order valence-electron chi connectivity index (χ2n) is 30.3. The zero-order chi connectivity index (χ0) is 74.8. The first kappa shape index (κ1) is 100. The van der Waals surface area contributed by atoms with E-state index in [0.717, 1.165) is 95.8 Å². The molecule has 0 saturated carbocycles. The predicted octanol–water partition coefficient (Wildman–Crippen LogP) is 25.2. The number of aliphatic hydroxyl groups is 1. The summed E-state index contributed by atoms with van der Waals surface area (Å²) < 4.78 is 68.8. The quantitative estimate of drug-likeness (QED) is 0.0222. The summed E-state index contributed by atoms with van der Waals surface area (Å²) in [6.07, 6.45) is 67.8. The van der Waals surface area contributed by atoms with E-state index in [1.165, 1.54) is 270 Å². The van der Waals surface area contributed by atoms with Gasteiger partial charge in [-0.1, -0.05) is 394 Å². The van der Waals surface area contributed by atoms with Gasteiger partial charge in [0.2, 0.25) is 0 Å². The van der Waals surface area contributed by atoms with E-state index in [0.29, 0.717) is 25.7 Å². The molecule has 19 heteroatoms. The van der Waals surface area contributed by atoms with Crippen LogP contribution < -0.4 is 0 Å². The van der Waals surface area contributed by atoms with Crippen LogP contribution in [0.15, 0.2) is 0 Å². The Balaban J connectivity index is 5.26. The molecular formula is C83H162O17P2. The zero-order valence-electron chi connectivity index (χ0n) is 66.8. The molecule has 0 amide bonds. The van der Waals surface area contributed by atoms with E-state index >= 15 is 0 Å². The van der Waals surface area contributed by atoms with E-state index in [1.54, 1.807) is 0 Å². The van der Waals surface area contributed by atoms with Crippen molar-refractivity contribution in [2.24, 2.45) is 5.92 Å². The van der Waals surface area contributed by atoms with Gasteiger partial charge in [-0.2, -0.15) is 0 Å². The van der Waals surface area contributed by atoms with Gasteiger partial charge in [0.05, 0.1) is 26.4 Å². The molecule has 2 unspecified atom stereocenters. The van der Waals surface area contributed by atoms with Gasteiger partial charge < -0.3 is 33.8 Å². The summed E-state index contributed by atoms with van der Waals surface area (Å²) in [6.45, 7) is 7.37. The number of aliphatic hydroxyl groups excluding tert-OH is 1. The van der Waals surface area contributed by atoms with E-state index in [2.05, 4.69) is 34.6 Å². The van der Waals surface area contributed by atoms with E-state index in [-0.39, 0.29) is 25.7 Å². The molecule has 0 aliphatic carbocycles. The van der Waals surface area contributed by atoms with Crippen LogP contribution in [0.25, 0.3) is 0 Å². The number of carbonyl (C=O) groups is 4. The Hall–Kier alpha value is -1.94. The monoisotopic (exact) mass is 1490 g/mol. The standard InChI is InChI=1S/C83H162O17P2/c1-6-9-12-15-18-21-24-27-29-30-31-32-33-38-44-49-54-59-64-69-83(88)100-79(73-94-81(86)67-62-57-52-47-42-39-34-36-40-45-50-55-60-65-76(4)5)75-98-102(91,92)96-71-77(84)70-95-101(89,90)97-74-78(72-93-80(85)66-61-56-51-46-41-35-26-23-20-17-14-11-8-3)99-82(87)68-63-58-53-48-43-37-28-25-22-19-16-13-10-7-2/h76-79,84H,6-75H2,1-5H3,(H,89,90)(H,91,92)/t77-,78+,79+/m0/s1. The molecule has 0 aromatic heterocycles. The fraction of sp³-hybridized carbons (Fsp3) is 0.952. The molecule has 0 fully saturated rings. The van der Waals surface area contributed by atoms with Gasteiger partial charge in [0.25, 0.3) is 0 Å². The van der Waals surface area contributed by atoms with Crippen LogP contribution >= 0.6 is 15.6 Å². The number of rotatable bonds is 83. The molecule has 0 radical (unpaired) electrons. The highest BCUT2D eigenvalue weighted by atomic mass is 31.2. The molecular weight excluding hydrogens is 1330 g/mol. The van der Waals surface area contributed by atoms with Crippen molar-refractivity contribution >= 4 is 39.5 Å². The van der Waals surface area contributed by atoms with Crippen LogP contribution in [-0.2, 0) is 65.4 Å². The third-order valence-electron chi connectivity index (χ3n) is 19.5. The summed E-state index contributed by atoms with van der Waals surface area (Å²) >= 11 is 0. The minimum absolute atomic E-state index is 0.109. The Morgan fingerprint density at radius 2 is 0.451 bits per heavy atom. The van der Waals surface area contributed by atoms with Crippen molar-refractivity contribution in [3.63, 3.8) is 0 Å². The second-order valence-corrected chi connectivity index (χ2v) is 33.3. The lowest BCUT2D eigenvalue weighted by Gasteiger charge is -2.21. The van der Waals surface area contributed by atoms with E-state index < -0.39 is 97.5 Å². The lowest BCUT2D eigenvalue weighted by molar-refractivity contribution is -0.161. The molecule has 0 aromatic rings. The van der Waals surface area contributed by atoms with Crippen molar-refractivity contribution in [1.82, 2.24) is 0 Å². The first-order valence-electron chi connectivity index (χ1n) is 43.1. The van der Waals surface area contributed by atoms with Gasteiger partial charge in [-0.15, -0.1) is 0 Å². The summed E-state index contributed by atoms with van der Waals surface area (Å²) in [5, 5.41) is 10.7. The fourth-order valence-electron chi connectivity index (χ4n) is 12.9. The maximum Gasteiger partial charge on any atom is 0.472 e. The smallest absolute Gasteiger partial charge is 0.462 e.